The van der Waals surface area contributed by atoms with Crippen molar-refractivity contribution in [2.45, 2.75) is 6.92 Å². The van der Waals surface area contributed by atoms with E-state index in [-0.39, 0.29) is 5.91 Å². The predicted octanol–water partition coefficient (Wildman–Crippen LogP) is 3.40. The molecule has 1 N–H and O–H groups in total. The van der Waals surface area contributed by atoms with Gasteiger partial charge in [-0.2, -0.15) is 0 Å². The molecule has 0 saturated carbocycles. The second kappa shape index (κ2) is 5.56. The van der Waals surface area contributed by atoms with Crippen molar-refractivity contribution in [3.05, 3.63) is 34.8 Å². The molecule has 0 bridgehead atoms. The Bertz CT molecular complexity index is 737. The van der Waals surface area contributed by atoms with Crippen LogP contribution in [0.15, 0.2) is 29.1 Å². The highest BCUT2D eigenvalue weighted by Crippen LogP contribution is 2.29. The van der Waals surface area contributed by atoms with Gasteiger partial charge in [0.05, 0.1) is 22.3 Å². The minimum Gasteiger partial charge on any atom is -0.494 e. The largest absolute Gasteiger partial charge is 0.494 e. The molecule has 0 unspecified atom stereocenters. The maximum Gasteiger partial charge on any atom is 0.276 e. The number of hydrogen-bond acceptors (Lipinski definition) is 6. The summed E-state index contributed by atoms with van der Waals surface area (Å²) in [5.74, 6) is 0.566. The number of carbonyl (C=O) groups excluding carboxylic acids is 1. The average molecular weight is 305 g/mol. The number of benzene rings is 1. The average Bonchev–Trinajstić information content (AvgIpc) is 3.06. The number of aromatic nitrogens is 2. The molecule has 1 aromatic carbocycles. The molecule has 3 rings (SSSR count). The van der Waals surface area contributed by atoms with Crippen LogP contribution in [-0.2, 0) is 0 Å². The molecule has 0 atom stereocenters. The van der Waals surface area contributed by atoms with E-state index in [1.165, 1.54) is 22.7 Å². The van der Waals surface area contributed by atoms with E-state index < -0.39 is 0 Å². The van der Waals surface area contributed by atoms with Crippen LogP contribution < -0.4 is 10.1 Å². The van der Waals surface area contributed by atoms with E-state index in [0.29, 0.717) is 17.4 Å². The van der Waals surface area contributed by atoms with Crippen LogP contribution in [-0.4, -0.2) is 22.5 Å². The smallest absolute Gasteiger partial charge is 0.276 e. The number of hydrogen-bond donors (Lipinski definition) is 1. The third kappa shape index (κ3) is 2.63. The first-order valence-corrected chi connectivity index (χ1v) is 7.75. The number of fused-ring (bicyclic) bond motifs is 1. The molecule has 0 saturated heterocycles. The summed E-state index contributed by atoms with van der Waals surface area (Å²) in [7, 11) is 0. The van der Waals surface area contributed by atoms with E-state index in [1.54, 1.807) is 10.9 Å². The normalized spacial score (nSPS) is 10.7. The zero-order valence-corrected chi connectivity index (χ0v) is 12.3. The molecule has 5 nitrogen and oxygen atoms in total. The Balaban J connectivity index is 1.84. The Kier molecular flexibility index (Phi) is 3.62. The van der Waals surface area contributed by atoms with Gasteiger partial charge in [-0.25, -0.2) is 9.97 Å². The van der Waals surface area contributed by atoms with E-state index in [1.807, 2.05) is 25.1 Å². The molecule has 0 radical (unpaired) electrons. The van der Waals surface area contributed by atoms with Gasteiger partial charge in [0.2, 0.25) is 0 Å². The van der Waals surface area contributed by atoms with E-state index in [4.69, 9.17) is 4.74 Å². The topological polar surface area (TPSA) is 64.1 Å². The fourth-order valence-electron chi connectivity index (χ4n) is 1.70. The fourth-order valence-corrected chi connectivity index (χ4v) is 3.12. The second-order valence-corrected chi connectivity index (χ2v) is 5.66. The molecule has 0 aliphatic rings. The van der Waals surface area contributed by atoms with Crippen molar-refractivity contribution >= 4 is 43.9 Å². The number of amides is 1. The van der Waals surface area contributed by atoms with Crippen LogP contribution in [0.2, 0.25) is 0 Å². The van der Waals surface area contributed by atoms with Gasteiger partial charge < -0.3 is 4.74 Å². The summed E-state index contributed by atoms with van der Waals surface area (Å²) in [6.07, 6.45) is 0. The first kappa shape index (κ1) is 13.0. The van der Waals surface area contributed by atoms with Crippen molar-refractivity contribution in [1.29, 1.82) is 0 Å². The summed E-state index contributed by atoms with van der Waals surface area (Å²) in [6.45, 7) is 2.56. The van der Waals surface area contributed by atoms with E-state index in [2.05, 4.69) is 15.3 Å². The number of nitrogens with zero attached hydrogens (tertiary/aromatic N) is 2. The van der Waals surface area contributed by atoms with E-state index in [0.717, 1.165) is 16.0 Å². The highest BCUT2D eigenvalue weighted by Gasteiger charge is 2.11. The summed E-state index contributed by atoms with van der Waals surface area (Å²) in [4.78, 5) is 20.2. The molecule has 3 aromatic rings. The standard InChI is InChI=1S/C13H11N3O2S2/c1-2-18-8-3-4-9-11(5-8)20-13(15-9)16-12(17)10-6-19-7-14-10/h3-7H,2H2,1H3,(H,15,16,17). The lowest BCUT2D eigenvalue weighted by Crippen LogP contribution is -2.11. The third-order valence-electron chi connectivity index (χ3n) is 2.56. The summed E-state index contributed by atoms with van der Waals surface area (Å²) in [6, 6.07) is 5.68. The first-order valence-electron chi connectivity index (χ1n) is 5.99. The number of ether oxygens (including phenoxy) is 1. The number of nitrogens with one attached hydrogen (secondary N) is 1. The molecule has 20 heavy (non-hydrogen) atoms. The summed E-state index contributed by atoms with van der Waals surface area (Å²) in [5, 5.41) is 5.02. The Morgan fingerprint density at radius 3 is 3.10 bits per heavy atom. The SMILES string of the molecule is CCOc1ccc2nc(NC(=O)c3cscn3)sc2c1. The van der Waals surface area contributed by atoms with Crippen molar-refractivity contribution in [3.63, 3.8) is 0 Å². The highest BCUT2D eigenvalue weighted by atomic mass is 32.1. The van der Waals surface area contributed by atoms with Gasteiger partial charge in [0.25, 0.3) is 5.91 Å². The lowest BCUT2D eigenvalue weighted by molar-refractivity contribution is 0.102. The van der Waals surface area contributed by atoms with Crippen molar-refractivity contribution in [3.8, 4) is 5.75 Å². The van der Waals surface area contributed by atoms with Gasteiger partial charge in [0.15, 0.2) is 5.13 Å². The molecule has 0 spiro atoms. The van der Waals surface area contributed by atoms with Crippen LogP contribution in [0.5, 0.6) is 5.75 Å². The fraction of sp³-hybridized carbons (Fsp3) is 0.154. The van der Waals surface area contributed by atoms with Crippen LogP contribution in [0.4, 0.5) is 5.13 Å². The summed E-state index contributed by atoms with van der Waals surface area (Å²) in [5.41, 5.74) is 2.87. The van der Waals surface area contributed by atoms with Gasteiger partial charge >= 0.3 is 0 Å². The Hall–Kier alpha value is -1.99. The van der Waals surface area contributed by atoms with Gasteiger partial charge in [-0.05, 0) is 25.1 Å². The third-order valence-corrected chi connectivity index (χ3v) is 4.08. The molecule has 2 heterocycles. The first-order chi connectivity index (χ1) is 9.76. The molecule has 0 aliphatic carbocycles. The number of carbonyl (C=O) groups is 1. The van der Waals surface area contributed by atoms with Crippen LogP contribution in [0.3, 0.4) is 0 Å². The monoisotopic (exact) mass is 305 g/mol. The Morgan fingerprint density at radius 2 is 2.35 bits per heavy atom. The number of thiazole rings is 2. The predicted molar refractivity (Wildman–Crippen MR) is 80.9 cm³/mol. The number of rotatable bonds is 4. The van der Waals surface area contributed by atoms with Crippen molar-refractivity contribution in [2.75, 3.05) is 11.9 Å². The van der Waals surface area contributed by atoms with Crippen molar-refractivity contribution in [2.24, 2.45) is 0 Å². The maximum atomic E-state index is 11.9. The molecule has 0 aliphatic heterocycles. The zero-order valence-electron chi connectivity index (χ0n) is 10.6. The summed E-state index contributed by atoms with van der Waals surface area (Å²) < 4.78 is 6.42. The molecular formula is C13H11N3O2S2. The van der Waals surface area contributed by atoms with Crippen LogP contribution in [0, 0.1) is 0 Å². The van der Waals surface area contributed by atoms with Crippen LogP contribution in [0.25, 0.3) is 10.2 Å². The Labute approximate surface area is 123 Å². The van der Waals surface area contributed by atoms with Gasteiger partial charge in [-0.3, -0.25) is 10.1 Å². The van der Waals surface area contributed by atoms with Crippen molar-refractivity contribution < 1.29 is 9.53 Å². The minimum absolute atomic E-state index is 0.240. The van der Waals surface area contributed by atoms with Gasteiger partial charge in [0.1, 0.15) is 11.4 Å². The summed E-state index contributed by atoms with van der Waals surface area (Å²) >= 11 is 2.80. The van der Waals surface area contributed by atoms with Gasteiger partial charge in [-0.15, -0.1) is 11.3 Å². The molecule has 1 amide bonds. The number of anilines is 1. The van der Waals surface area contributed by atoms with Crippen LogP contribution >= 0.6 is 22.7 Å². The van der Waals surface area contributed by atoms with E-state index >= 15 is 0 Å². The molecule has 7 heteroatoms. The van der Waals surface area contributed by atoms with Gasteiger partial charge in [0, 0.05) is 5.38 Å². The van der Waals surface area contributed by atoms with Crippen LogP contribution in [0.1, 0.15) is 17.4 Å². The maximum absolute atomic E-state index is 11.9. The Morgan fingerprint density at radius 1 is 1.45 bits per heavy atom. The molecule has 102 valence electrons. The van der Waals surface area contributed by atoms with Gasteiger partial charge in [-0.1, -0.05) is 11.3 Å². The quantitative estimate of drug-likeness (QED) is 0.802. The zero-order chi connectivity index (χ0) is 13.9. The molecule has 2 aromatic heterocycles. The lowest BCUT2D eigenvalue weighted by atomic mass is 10.3. The minimum atomic E-state index is -0.240. The molecular weight excluding hydrogens is 294 g/mol. The van der Waals surface area contributed by atoms with Crippen molar-refractivity contribution in [1.82, 2.24) is 9.97 Å². The highest BCUT2D eigenvalue weighted by molar-refractivity contribution is 7.22. The van der Waals surface area contributed by atoms with E-state index in [9.17, 15) is 4.79 Å². The lowest BCUT2D eigenvalue weighted by Gasteiger charge is -2.00. The second-order valence-electron chi connectivity index (χ2n) is 3.91. The molecule has 0 fully saturated rings.